The fourth-order valence-electron chi connectivity index (χ4n) is 3.76. The molecular formula is C18H20N4O4. The topological polar surface area (TPSA) is 112 Å². The molecule has 8 nitrogen and oxygen atoms in total. The molecule has 1 atom stereocenters. The highest BCUT2D eigenvalue weighted by atomic mass is 16.3. The predicted octanol–water partition coefficient (Wildman–Crippen LogP) is -0.0387. The second kappa shape index (κ2) is 6.15. The summed E-state index contributed by atoms with van der Waals surface area (Å²) >= 11 is 0. The molecule has 0 aliphatic carbocycles. The van der Waals surface area contributed by atoms with Crippen LogP contribution in [-0.4, -0.2) is 37.5 Å². The molecule has 4 N–H and O–H groups in total. The van der Waals surface area contributed by atoms with Crippen molar-refractivity contribution in [1.29, 1.82) is 0 Å². The third-order valence-corrected chi connectivity index (χ3v) is 5.02. The number of H-pyrrole nitrogens is 1. The van der Waals surface area contributed by atoms with Gasteiger partial charge in [-0.1, -0.05) is 18.2 Å². The van der Waals surface area contributed by atoms with Crippen molar-refractivity contribution in [2.24, 2.45) is 7.05 Å². The van der Waals surface area contributed by atoms with Gasteiger partial charge in [0.25, 0.3) is 5.56 Å². The average molecular weight is 356 g/mol. The zero-order chi connectivity index (χ0) is 18.4. The van der Waals surface area contributed by atoms with E-state index in [1.807, 2.05) is 24.3 Å². The maximum atomic E-state index is 12.8. The van der Waals surface area contributed by atoms with Crippen molar-refractivity contribution >= 4 is 10.9 Å². The summed E-state index contributed by atoms with van der Waals surface area (Å²) in [5.41, 5.74) is 1.78. The molecular weight excluding hydrogens is 336 g/mol. The highest BCUT2D eigenvalue weighted by molar-refractivity contribution is 5.85. The molecule has 3 heterocycles. The van der Waals surface area contributed by atoms with Gasteiger partial charge in [0.2, 0.25) is 5.88 Å². The van der Waals surface area contributed by atoms with Crippen LogP contribution in [0, 0.1) is 0 Å². The van der Waals surface area contributed by atoms with Crippen molar-refractivity contribution in [1.82, 2.24) is 19.4 Å². The first-order valence-corrected chi connectivity index (χ1v) is 8.51. The Morgan fingerprint density at radius 3 is 2.81 bits per heavy atom. The molecule has 4 rings (SSSR count). The van der Waals surface area contributed by atoms with Crippen molar-refractivity contribution in [2.75, 3.05) is 13.2 Å². The summed E-state index contributed by atoms with van der Waals surface area (Å²) < 4.78 is 1.98. The second-order valence-corrected chi connectivity index (χ2v) is 6.46. The number of rotatable bonds is 3. The first-order chi connectivity index (χ1) is 12.5. The first-order valence-electron chi connectivity index (χ1n) is 8.51. The van der Waals surface area contributed by atoms with Crippen LogP contribution in [0.3, 0.4) is 0 Å². The molecule has 0 radical (unpaired) electrons. The van der Waals surface area contributed by atoms with E-state index in [1.54, 1.807) is 0 Å². The Bertz CT molecular complexity index is 1110. The van der Waals surface area contributed by atoms with Crippen LogP contribution in [0.2, 0.25) is 0 Å². The van der Waals surface area contributed by atoms with Gasteiger partial charge >= 0.3 is 5.69 Å². The van der Waals surface area contributed by atoms with E-state index in [4.69, 9.17) is 0 Å². The highest BCUT2D eigenvalue weighted by Crippen LogP contribution is 2.34. The molecule has 0 bridgehead atoms. The second-order valence-electron chi connectivity index (χ2n) is 6.46. The molecule has 1 unspecified atom stereocenters. The number of aliphatic hydroxyl groups is 1. The Labute approximate surface area is 148 Å². The number of hydrogen-bond acceptors (Lipinski definition) is 5. The van der Waals surface area contributed by atoms with Crippen LogP contribution in [0.1, 0.15) is 22.9 Å². The van der Waals surface area contributed by atoms with E-state index in [2.05, 4.69) is 10.3 Å². The quantitative estimate of drug-likeness (QED) is 0.526. The molecule has 0 fully saturated rings. The summed E-state index contributed by atoms with van der Waals surface area (Å²) in [6, 6.07) is 7.33. The Balaban J connectivity index is 1.98. The van der Waals surface area contributed by atoms with E-state index in [9.17, 15) is 19.8 Å². The third kappa shape index (κ3) is 2.30. The standard InChI is InChI=1S/C18H20N4O4/c1-21-16(24)13(17(25)22(8-9-23)18(21)26)15-14-11(6-7-19-15)10-4-2-3-5-12(10)20-14/h2-5,15,19-20,23,25H,6-9H2,1H3. The summed E-state index contributed by atoms with van der Waals surface area (Å²) in [5, 5.41) is 24.2. The smallest absolute Gasteiger partial charge is 0.333 e. The number of benzene rings is 1. The molecule has 1 aromatic carbocycles. The van der Waals surface area contributed by atoms with Gasteiger partial charge < -0.3 is 20.5 Å². The Kier molecular flexibility index (Phi) is 3.93. The van der Waals surface area contributed by atoms with Gasteiger partial charge in [0, 0.05) is 30.2 Å². The van der Waals surface area contributed by atoms with Gasteiger partial charge in [0.1, 0.15) is 5.56 Å². The van der Waals surface area contributed by atoms with Crippen LogP contribution in [0.4, 0.5) is 0 Å². The lowest BCUT2D eigenvalue weighted by molar-refractivity contribution is 0.258. The van der Waals surface area contributed by atoms with Gasteiger partial charge in [-0.05, 0) is 18.1 Å². The minimum Gasteiger partial charge on any atom is -0.494 e. The number of aromatic hydroxyl groups is 1. The summed E-state index contributed by atoms with van der Waals surface area (Å²) in [7, 11) is 1.37. The van der Waals surface area contributed by atoms with Crippen LogP contribution in [0.25, 0.3) is 10.9 Å². The molecule has 136 valence electrons. The summed E-state index contributed by atoms with van der Waals surface area (Å²) in [5.74, 6) is -0.406. The monoisotopic (exact) mass is 356 g/mol. The zero-order valence-corrected chi connectivity index (χ0v) is 14.3. The molecule has 1 aliphatic rings. The third-order valence-electron chi connectivity index (χ3n) is 5.02. The minimum absolute atomic E-state index is 0.0853. The summed E-state index contributed by atoms with van der Waals surface area (Å²) in [4.78, 5) is 28.4. The number of hydrogen-bond donors (Lipinski definition) is 4. The van der Waals surface area contributed by atoms with E-state index in [0.717, 1.165) is 37.7 Å². The van der Waals surface area contributed by atoms with Crippen LogP contribution in [0.5, 0.6) is 5.88 Å². The van der Waals surface area contributed by atoms with E-state index in [-0.39, 0.29) is 18.7 Å². The van der Waals surface area contributed by atoms with E-state index in [0.29, 0.717) is 6.54 Å². The number of nitrogens with zero attached hydrogens (tertiary/aromatic N) is 2. The van der Waals surface area contributed by atoms with E-state index < -0.39 is 23.2 Å². The van der Waals surface area contributed by atoms with Gasteiger partial charge in [-0.3, -0.25) is 13.9 Å². The maximum Gasteiger partial charge on any atom is 0.333 e. The maximum absolute atomic E-state index is 12.8. The van der Waals surface area contributed by atoms with Gasteiger partial charge in [-0.15, -0.1) is 0 Å². The molecule has 0 saturated carbocycles. The van der Waals surface area contributed by atoms with Crippen LogP contribution in [-0.2, 0) is 20.0 Å². The van der Waals surface area contributed by atoms with Crippen molar-refractivity contribution in [3.63, 3.8) is 0 Å². The lowest BCUT2D eigenvalue weighted by Gasteiger charge is -2.26. The van der Waals surface area contributed by atoms with Crippen LogP contribution >= 0.6 is 0 Å². The number of aromatic amines is 1. The average Bonchev–Trinajstić information content (AvgIpc) is 3.03. The normalized spacial score (nSPS) is 16.8. The SMILES string of the molecule is Cn1c(=O)c(C2NCCc3c2[nH]c2ccccc32)c(O)n(CCO)c1=O. The van der Waals surface area contributed by atoms with Gasteiger partial charge in [0.15, 0.2) is 0 Å². The van der Waals surface area contributed by atoms with Crippen LogP contribution in [0.15, 0.2) is 33.9 Å². The van der Waals surface area contributed by atoms with Gasteiger partial charge in [-0.25, -0.2) is 4.79 Å². The fraction of sp³-hybridized carbons (Fsp3) is 0.333. The predicted molar refractivity (Wildman–Crippen MR) is 96.5 cm³/mol. The van der Waals surface area contributed by atoms with Crippen molar-refractivity contribution in [2.45, 2.75) is 19.0 Å². The van der Waals surface area contributed by atoms with Crippen LogP contribution < -0.4 is 16.6 Å². The number of aliphatic hydroxyl groups excluding tert-OH is 1. The molecule has 2 aromatic heterocycles. The zero-order valence-electron chi connectivity index (χ0n) is 14.3. The van der Waals surface area contributed by atoms with E-state index in [1.165, 1.54) is 7.05 Å². The summed E-state index contributed by atoms with van der Waals surface area (Å²) in [6.45, 7) is 0.236. The van der Waals surface area contributed by atoms with E-state index >= 15 is 0 Å². The number of aromatic nitrogens is 3. The molecule has 26 heavy (non-hydrogen) atoms. The highest BCUT2D eigenvalue weighted by Gasteiger charge is 2.31. The van der Waals surface area contributed by atoms with Gasteiger partial charge in [-0.2, -0.15) is 0 Å². The molecule has 0 saturated heterocycles. The largest absolute Gasteiger partial charge is 0.494 e. The lowest BCUT2D eigenvalue weighted by Crippen LogP contribution is -2.43. The molecule has 8 heteroatoms. The van der Waals surface area contributed by atoms with Crippen molar-refractivity contribution < 1.29 is 10.2 Å². The minimum atomic E-state index is -0.655. The van der Waals surface area contributed by atoms with Crippen molar-refractivity contribution in [3.8, 4) is 5.88 Å². The molecule has 0 amide bonds. The van der Waals surface area contributed by atoms with Gasteiger partial charge in [0.05, 0.1) is 19.2 Å². The fourth-order valence-corrected chi connectivity index (χ4v) is 3.76. The van der Waals surface area contributed by atoms with Crippen molar-refractivity contribution in [3.05, 3.63) is 61.9 Å². The Morgan fingerprint density at radius 2 is 2.04 bits per heavy atom. The molecule has 0 spiro atoms. The Morgan fingerprint density at radius 1 is 1.27 bits per heavy atom. The first kappa shape index (κ1) is 16.6. The Hall–Kier alpha value is -2.84. The summed E-state index contributed by atoms with van der Waals surface area (Å²) in [6.07, 6.45) is 0.799. The number of nitrogens with one attached hydrogen (secondary N) is 2. The number of para-hydroxylation sites is 1. The number of fused-ring (bicyclic) bond motifs is 3. The lowest BCUT2D eigenvalue weighted by atomic mass is 9.95. The molecule has 1 aliphatic heterocycles. The molecule has 3 aromatic rings.